The van der Waals surface area contributed by atoms with Crippen molar-refractivity contribution in [3.63, 3.8) is 0 Å². The van der Waals surface area contributed by atoms with E-state index in [4.69, 9.17) is 4.74 Å². The van der Waals surface area contributed by atoms with Crippen LogP contribution >= 0.6 is 0 Å². The van der Waals surface area contributed by atoms with E-state index in [0.29, 0.717) is 12.1 Å². The summed E-state index contributed by atoms with van der Waals surface area (Å²) < 4.78 is 5.42. The first kappa shape index (κ1) is 17.5. The van der Waals surface area contributed by atoms with Gasteiger partial charge >= 0.3 is 0 Å². The molecule has 3 aliphatic rings. The summed E-state index contributed by atoms with van der Waals surface area (Å²) in [5, 5.41) is 7.06. The van der Waals surface area contributed by atoms with E-state index >= 15 is 0 Å². The number of ether oxygens (including phenoxy) is 1. The second kappa shape index (κ2) is 8.16. The standard InChI is InChI=1S/C17H31N5O2/c1-21(2)16(23)11-18-17(19-13-6-9-24-10-7-13)20-14-5-8-22(12-14)15-3-4-15/h13-15H,3-12H2,1-2H3,(H2,18,19,20). The summed E-state index contributed by atoms with van der Waals surface area (Å²) in [6.45, 7) is 4.02. The van der Waals surface area contributed by atoms with Gasteiger partial charge in [0.05, 0.1) is 0 Å². The van der Waals surface area contributed by atoms with Crippen molar-refractivity contribution in [1.29, 1.82) is 0 Å². The fourth-order valence-electron chi connectivity index (χ4n) is 3.33. The normalized spacial score (nSPS) is 26.4. The van der Waals surface area contributed by atoms with Gasteiger partial charge < -0.3 is 20.3 Å². The van der Waals surface area contributed by atoms with Gasteiger partial charge in [0.1, 0.15) is 6.54 Å². The van der Waals surface area contributed by atoms with Crippen molar-refractivity contribution in [3.8, 4) is 0 Å². The Bertz CT molecular complexity index is 458. The number of hydrogen-bond acceptors (Lipinski definition) is 4. The van der Waals surface area contributed by atoms with Crippen LogP contribution < -0.4 is 10.6 Å². The van der Waals surface area contributed by atoms with Crippen LogP contribution in [0.4, 0.5) is 0 Å². The number of carbonyl (C=O) groups excluding carboxylic acids is 1. The average molecular weight is 337 g/mol. The molecule has 24 heavy (non-hydrogen) atoms. The molecule has 0 radical (unpaired) electrons. The Labute approximate surface area is 144 Å². The number of aliphatic imine (C=N–C) groups is 1. The maximum Gasteiger partial charge on any atom is 0.243 e. The predicted molar refractivity (Wildman–Crippen MR) is 94.1 cm³/mol. The van der Waals surface area contributed by atoms with Gasteiger partial charge in [-0.1, -0.05) is 0 Å². The van der Waals surface area contributed by atoms with Crippen LogP contribution in [0.25, 0.3) is 0 Å². The average Bonchev–Trinajstić information content (AvgIpc) is 3.33. The van der Waals surface area contributed by atoms with Gasteiger partial charge in [-0.25, -0.2) is 4.99 Å². The van der Waals surface area contributed by atoms with E-state index < -0.39 is 0 Å². The molecule has 3 fully saturated rings. The van der Waals surface area contributed by atoms with Crippen LogP contribution in [0.3, 0.4) is 0 Å². The van der Waals surface area contributed by atoms with Crippen molar-refractivity contribution in [2.24, 2.45) is 4.99 Å². The predicted octanol–water partition coefficient (Wildman–Crippen LogP) is 0.0255. The first-order valence-electron chi connectivity index (χ1n) is 9.21. The molecule has 0 bridgehead atoms. The monoisotopic (exact) mass is 337 g/mol. The van der Waals surface area contributed by atoms with Gasteiger partial charge in [-0.05, 0) is 32.1 Å². The van der Waals surface area contributed by atoms with E-state index in [1.54, 1.807) is 19.0 Å². The third-order valence-electron chi connectivity index (χ3n) is 5.06. The molecule has 2 aliphatic heterocycles. The molecule has 3 rings (SSSR count). The minimum Gasteiger partial charge on any atom is -0.381 e. The fourth-order valence-corrected chi connectivity index (χ4v) is 3.33. The molecule has 1 amide bonds. The highest BCUT2D eigenvalue weighted by Crippen LogP contribution is 2.29. The first-order chi connectivity index (χ1) is 11.6. The van der Waals surface area contributed by atoms with Crippen molar-refractivity contribution < 1.29 is 9.53 Å². The Kier molecular flexibility index (Phi) is 5.94. The summed E-state index contributed by atoms with van der Waals surface area (Å²) in [4.78, 5) is 20.6. The van der Waals surface area contributed by atoms with E-state index in [9.17, 15) is 4.79 Å². The maximum atomic E-state index is 11.9. The Hall–Kier alpha value is -1.34. The summed E-state index contributed by atoms with van der Waals surface area (Å²) in [7, 11) is 3.53. The lowest BCUT2D eigenvalue weighted by molar-refractivity contribution is -0.127. The van der Waals surface area contributed by atoms with Crippen LogP contribution in [0.15, 0.2) is 4.99 Å². The molecule has 1 atom stereocenters. The molecule has 0 aromatic rings. The zero-order valence-corrected chi connectivity index (χ0v) is 15.0. The summed E-state index contributed by atoms with van der Waals surface area (Å²) >= 11 is 0. The van der Waals surface area contributed by atoms with Crippen LogP contribution in [0.2, 0.25) is 0 Å². The number of likely N-dealkylation sites (N-methyl/N-ethyl adjacent to an activating group) is 1. The van der Waals surface area contributed by atoms with Crippen molar-refractivity contribution in [2.45, 2.75) is 50.2 Å². The minimum atomic E-state index is 0.0223. The molecule has 7 nitrogen and oxygen atoms in total. The third-order valence-corrected chi connectivity index (χ3v) is 5.06. The first-order valence-corrected chi connectivity index (χ1v) is 9.21. The summed E-state index contributed by atoms with van der Waals surface area (Å²) in [5.41, 5.74) is 0. The molecular weight excluding hydrogens is 306 g/mol. The van der Waals surface area contributed by atoms with Gasteiger partial charge in [0, 0.05) is 58.5 Å². The Morgan fingerprint density at radius 2 is 1.83 bits per heavy atom. The van der Waals surface area contributed by atoms with Crippen LogP contribution in [0.5, 0.6) is 0 Å². The summed E-state index contributed by atoms with van der Waals surface area (Å²) in [6.07, 6.45) is 5.83. The van der Waals surface area contributed by atoms with E-state index in [-0.39, 0.29) is 12.5 Å². The number of carbonyl (C=O) groups is 1. The minimum absolute atomic E-state index is 0.0223. The zero-order valence-electron chi connectivity index (χ0n) is 15.0. The number of rotatable bonds is 5. The fraction of sp³-hybridized carbons (Fsp3) is 0.882. The maximum absolute atomic E-state index is 11.9. The lowest BCUT2D eigenvalue weighted by Crippen LogP contribution is -2.50. The van der Waals surface area contributed by atoms with Gasteiger partial charge in [0.25, 0.3) is 0 Å². The van der Waals surface area contributed by atoms with Gasteiger partial charge in [0.15, 0.2) is 5.96 Å². The molecule has 7 heteroatoms. The van der Waals surface area contributed by atoms with E-state index in [2.05, 4.69) is 20.5 Å². The number of nitrogens with one attached hydrogen (secondary N) is 2. The molecule has 2 heterocycles. The molecule has 1 aliphatic carbocycles. The van der Waals surface area contributed by atoms with Crippen LogP contribution in [0.1, 0.15) is 32.1 Å². The van der Waals surface area contributed by atoms with Gasteiger partial charge in [-0.2, -0.15) is 0 Å². The quantitative estimate of drug-likeness (QED) is 0.547. The lowest BCUT2D eigenvalue weighted by Gasteiger charge is -2.27. The molecule has 1 unspecified atom stereocenters. The highest BCUT2D eigenvalue weighted by Gasteiger charge is 2.34. The molecule has 0 aromatic heterocycles. The molecule has 0 spiro atoms. The van der Waals surface area contributed by atoms with Crippen LogP contribution in [-0.2, 0) is 9.53 Å². The number of nitrogens with zero attached hydrogens (tertiary/aromatic N) is 3. The highest BCUT2D eigenvalue weighted by molar-refractivity contribution is 5.85. The van der Waals surface area contributed by atoms with E-state index in [0.717, 1.165) is 51.0 Å². The smallest absolute Gasteiger partial charge is 0.243 e. The van der Waals surface area contributed by atoms with Crippen molar-refractivity contribution >= 4 is 11.9 Å². The van der Waals surface area contributed by atoms with Crippen molar-refractivity contribution in [3.05, 3.63) is 0 Å². The topological polar surface area (TPSA) is 69.2 Å². The van der Waals surface area contributed by atoms with E-state index in [1.807, 2.05) is 0 Å². The van der Waals surface area contributed by atoms with E-state index in [1.165, 1.54) is 19.4 Å². The molecule has 0 aromatic carbocycles. The van der Waals surface area contributed by atoms with Crippen molar-refractivity contribution in [1.82, 2.24) is 20.4 Å². The molecule has 2 saturated heterocycles. The van der Waals surface area contributed by atoms with Gasteiger partial charge in [-0.3, -0.25) is 9.69 Å². The van der Waals surface area contributed by atoms with Crippen LogP contribution in [0, 0.1) is 0 Å². The second-order valence-electron chi connectivity index (χ2n) is 7.34. The Morgan fingerprint density at radius 3 is 2.50 bits per heavy atom. The number of likely N-dealkylation sites (tertiary alicyclic amines) is 1. The zero-order chi connectivity index (χ0) is 16.9. The third kappa shape index (κ3) is 5.08. The molecule has 1 saturated carbocycles. The van der Waals surface area contributed by atoms with Crippen molar-refractivity contribution in [2.75, 3.05) is 46.9 Å². The molecular formula is C17H31N5O2. The summed E-state index contributed by atoms with van der Waals surface area (Å²) in [6, 6.07) is 1.61. The molecule has 136 valence electrons. The van der Waals surface area contributed by atoms with Gasteiger partial charge in [0.2, 0.25) is 5.91 Å². The highest BCUT2D eigenvalue weighted by atomic mass is 16.5. The van der Waals surface area contributed by atoms with Gasteiger partial charge in [-0.15, -0.1) is 0 Å². The summed E-state index contributed by atoms with van der Waals surface area (Å²) in [5.74, 6) is 0.800. The number of amides is 1. The number of guanidine groups is 1. The second-order valence-corrected chi connectivity index (χ2v) is 7.34. The number of hydrogen-bond donors (Lipinski definition) is 2. The largest absolute Gasteiger partial charge is 0.381 e. The Morgan fingerprint density at radius 1 is 1.12 bits per heavy atom. The lowest BCUT2D eigenvalue weighted by atomic mass is 10.1. The van der Waals surface area contributed by atoms with Crippen LogP contribution in [-0.4, -0.2) is 86.7 Å². The SMILES string of the molecule is CN(C)C(=O)CN=C(NC1CCOCC1)NC1CCN(C2CC2)C1. The molecule has 2 N–H and O–H groups in total. The Balaban J connectivity index is 1.55.